The van der Waals surface area contributed by atoms with Gasteiger partial charge in [-0.15, -0.1) is 0 Å². The van der Waals surface area contributed by atoms with Gasteiger partial charge in [-0.25, -0.2) is 4.39 Å². The fourth-order valence-corrected chi connectivity index (χ4v) is 2.24. The molecule has 2 N–H and O–H groups in total. The van der Waals surface area contributed by atoms with E-state index in [2.05, 4.69) is 21.2 Å². The van der Waals surface area contributed by atoms with Crippen LogP contribution in [0.1, 0.15) is 11.1 Å². The lowest BCUT2D eigenvalue weighted by Gasteiger charge is -2.09. The molecule has 0 saturated carbocycles. The van der Waals surface area contributed by atoms with Crippen LogP contribution in [0.5, 0.6) is 5.75 Å². The van der Waals surface area contributed by atoms with Crippen LogP contribution in [0.4, 0.5) is 10.1 Å². The number of benzene rings is 2. The van der Waals surface area contributed by atoms with Gasteiger partial charge in [0.15, 0.2) is 11.6 Å². The van der Waals surface area contributed by atoms with Crippen LogP contribution < -0.4 is 5.32 Å². The van der Waals surface area contributed by atoms with Crippen molar-refractivity contribution in [2.45, 2.75) is 13.5 Å². The Bertz CT molecular complexity index is 572. The predicted octanol–water partition coefficient (Wildman–Crippen LogP) is 4.21. The van der Waals surface area contributed by atoms with Crippen LogP contribution in [-0.4, -0.2) is 5.11 Å². The first-order valence-corrected chi connectivity index (χ1v) is 6.33. The van der Waals surface area contributed by atoms with E-state index in [4.69, 9.17) is 5.11 Å². The summed E-state index contributed by atoms with van der Waals surface area (Å²) in [6.07, 6.45) is 0. The van der Waals surface area contributed by atoms with Crippen molar-refractivity contribution >= 4 is 21.6 Å². The molecule has 18 heavy (non-hydrogen) atoms. The van der Waals surface area contributed by atoms with Crippen LogP contribution in [-0.2, 0) is 6.54 Å². The molecule has 0 bridgehead atoms. The molecule has 0 radical (unpaired) electrons. The molecule has 0 heterocycles. The van der Waals surface area contributed by atoms with Gasteiger partial charge in [-0.1, -0.05) is 28.1 Å². The van der Waals surface area contributed by atoms with Crippen molar-refractivity contribution in [2.75, 3.05) is 5.32 Å². The summed E-state index contributed by atoms with van der Waals surface area (Å²) in [6, 6.07) is 10.3. The van der Waals surface area contributed by atoms with Crippen LogP contribution in [0.2, 0.25) is 0 Å². The molecule has 0 aliphatic carbocycles. The van der Waals surface area contributed by atoms with Gasteiger partial charge in [0, 0.05) is 22.8 Å². The molecule has 4 heteroatoms. The smallest absolute Gasteiger partial charge is 0.166 e. The number of rotatable bonds is 3. The van der Waals surface area contributed by atoms with Gasteiger partial charge in [0.25, 0.3) is 0 Å². The maximum atomic E-state index is 13.1. The third kappa shape index (κ3) is 3.01. The Hall–Kier alpha value is -1.55. The topological polar surface area (TPSA) is 32.3 Å². The Morgan fingerprint density at radius 3 is 2.67 bits per heavy atom. The second-order valence-corrected chi connectivity index (χ2v) is 4.97. The predicted molar refractivity (Wildman–Crippen MR) is 74.3 cm³/mol. The first-order valence-electron chi connectivity index (χ1n) is 5.53. The van der Waals surface area contributed by atoms with E-state index in [-0.39, 0.29) is 5.75 Å². The van der Waals surface area contributed by atoms with Crippen LogP contribution in [0.25, 0.3) is 0 Å². The van der Waals surface area contributed by atoms with Crippen molar-refractivity contribution in [3.8, 4) is 5.75 Å². The number of nitrogens with one attached hydrogen (secondary N) is 1. The van der Waals surface area contributed by atoms with E-state index in [1.807, 2.05) is 25.1 Å². The van der Waals surface area contributed by atoms with E-state index in [0.29, 0.717) is 12.2 Å². The molecule has 2 rings (SSSR count). The average molecular weight is 310 g/mol. The second kappa shape index (κ2) is 5.40. The number of aromatic hydroxyl groups is 1. The van der Waals surface area contributed by atoms with Crippen LogP contribution in [0, 0.1) is 12.7 Å². The summed E-state index contributed by atoms with van der Waals surface area (Å²) < 4.78 is 14.2. The first-order chi connectivity index (χ1) is 8.56. The Labute approximate surface area is 114 Å². The van der Waals surface area contributed by atoms with Crippen molar-refractivity contribution < 1.29 is 9.50 Å². The summed E-state index contributed by atoms with van der Waals surface area (Å²) in [6.45, 7) is 2.61. The van der Waals surface area contributed by atoms with Gasteiger partial charge < -0.3 is 10.4 Å². The van der Waals surface area contributed by atoms with Gasteiger partial charge in [-0.3, -0.25) is 0 Å². The van der Waals surface area contributed by atoms with Gasteiger partial charge in [-0.05, 0) is 36.2 Å². The van der Waals surface area contributed by atoms with Crippen molar-refractivity contribution in [3.63, 3.8) is 0 Å². The van der Waals surface area contributed by atoms with Gasteiger partial charge in [0.1, 0.15) is 0 Å². The highest BCUT2D eigenvalue weighted by molar-refractivity contribution is 9.10. The average Bonchev–Trinajstić information content (AvgIpc) is 2.32. The second-order valence-electron chi connectivity index (χ2n) is 4.11. The largest absolute Gasteiger partial charge is 0.505 e. The number of hydrogen-bond donors (Lipinski definition) is 2. The molecule has 94 valence electrons. The molecular weight excluding hydrogens is 297 g/mol. The lowest BCUT2D eigenvalue weighted by atomic mass is 10.1. The summed E-state index contributed by atoms with van der Waals surface area (Å²) in [7, 11) is 0. The summed E-state index contributed by atoms with van der Waals surface area (Å²) in [5, 5.41) is 12.2. The molecule has 0 spiro atoms. The minimum atomic E-state index is -0.622. The first kappa shape index (κ1) is 12.9. The van der Waals surface area contributed by atoms with Gasteiger partial charge in [0.2, 0.25) is 0 Å². The summed E-state index contributed by atoms with van der Waals surface area (Å²) in [5.74, 6) is -0.958. The molecule has 0 aliphatic heterocycles. The van der Waals surface area contributed by atoms with Crippen molar-refractivity contribution in [2.24, 2.45) is 0 Å². The lowest BCUT2D eigenvalue weighted by Crippen LogP contribution is -2.00. The highest BCUT2D eigenvalue weighted by atomic mass is 79.9. The molecule has 0 saturated heterocycles. The van der Waals surface area contributed by atoms with Crippen LogP contribution in [0.3, 0.4) is 0 Å². The molecule has 0 atom stereocenters. The van der Waals surface area contributed by atoms with E-state index in [1.54, 1.807) is 6.07 Å². The van der Waals surface area contributed by atoms with Crippen LogP contribution in [0.15, 0.2) is 40.9 Å². The molecule has 0 amide bonds. The van der Waals surface area contributed by atoms with Crippen molar-refractivity contribution in [1.29, 1.82) is 0 Å². The zero-order valence-electron chi connectivity index (χ0n) is 9.87. The molecule has 0 unspecified atom stereocenters. The normalized spacial score (nSPS) is 10.4. The molecule has 0 aliphatic rings. The zero-order valence-corrected chi connectivity index (χ0v) is 11.5. The third-order valence-electron chi connectivity index (χ3n) is 2.64. The van der Waals surface area contributed by atoms with E-state index < -0.39 is 5.82 Å². The highest BCUT2D eigenvalue weighted by Gasteiger charge is 2.03. The van der Waals surface area contributed by atoms with Gasteiger partial charge >= 0.3 is 0 Å². The minimum absolute atomic E-state index is 0.336. The summed E-state index contributed by atoms with van der Waals surface area (Å²) in [5.41, 5.74) is 2.91. The molecule has 0 fully saturated rings. The molecule has 2 nitrogen and oxygen atoms in total. The highest BCUT2D eigenvalue weighted by Crippen LogP contribution is 2.22. The van der Waals surface area contributed by atoms with E-state index in [9.17, 15) is 4.39 Å². The number of phenols is 1. The number of halogens is 2. The fraction of sp³-hybridized carbons (Fsp3) is 0.143. The Kier molecular flexibility index (Phi) is 3.87. The monoisotopic (exact) mass is 309 g/mol. The number of aryl methyl sites for hydroxylation is 1. The van der Waals surface area contributed by atoms with E-state index >= 15 is 0 Å². The number of anilines is 1. The zero-order chi connectivity index (χ0) is 13.1. The van der Waals surface area contributed by atoms with Gasteiger partial charge in [0.05, 0.1) is 0 Å². The van der Waals surface area contributed by atoms with Gasteiger partial charge in [-0.2, -0.15) is 0 Å². The molecule has 0 aromatic heterocycles. The fourth-order valence-electron chi connectivity index (χ4n) is 1.61. The Morgan fingerprint density at radius 1 is 1.22 bits per heavy atom. The third-order valence-corrected chi connectivity index (χ3v) is 3.38. The molecular formula is C14H13BrFNO. The van der Waals surface area contributed by atoms with Crippen molar-refractivity contribution in [1.82, 2.24) is 0 Å². The maximum Gasteiger partial charge on any atom is 0.166 e. The Morgan fingerprint density at radius 2 is 2.00 bits per heavy atom. The Balaban J connectivity index is 2.09. The summed E-state index contributed by atoms with van der Waals surface area (Å²) >= 11 is 3.49. The maximum absolute atomic E-state index is 13.1. The lowest BCUT2D eigenvalue weighted by molar-refractivity contribution is 0.432. The summed E-state index contributed by atoms with van der Waals surface area (Å²) in [4.78, 5) is 0. The molecule has 2 aromatic carbocycles. The molecule has 2 aromatic rings. The van der Waals surface area contributed by atoms with Crippen molar-refractivity contribution in [3.05, 3.63) is 57.8 Å². The quantitative estimate of drug-likeness (QED) is 0.832. The SMILES string of the molecule is Cc1ccc(CNc2ccc(O)c(F)c2)c(Br)c1. The number of hydrogen-bond acceptors (Lipinski definition) is 2. The van der Waals surface area contributed by atoms with E-state index in [0.717, 1.165) is 10.0 Å². The number of phenolic OH excluding ortho intramolecular Hbond substituents is 1. The minimum Gasteiger partial charge on any atom is -0.505 e. The van der Waals surface area contributed by atoms with Crippen LogP contribution >= 0.6 is 15.9 Å². The van der Waals surface area contributed by atoms with E-state index in [1.165, 1.54) is 17.7 Å². The standard InChI is InChI=1S/C14H13BrFNO/c1-9-2-3-10(12(15)6-9)8-17-11-4-5-14(18)13(16)7-11/h2-7,17-18H,8H2,1H3.